The van der Waals surface area contributed by atoms with E-state index in [-0.39, 0.29) is 22.9 Å². The Morgan fingerprint density at radius 3 is 2.53 bits per heavy atom. The second-order valence-corrected chi connectivity index (χ2v) is 11.2. The van der Waals surface area contributed by atoms with Gasteiger partial charge in [0.25, 0.3) is 5.91 Å². The number of nitrogens with one attached hydrogen (secondary N) is 4. The summed E-state index contributed by atoms with van der Waals surface area (Å²) < 4.78 is 0. The maximum absolute atomic E-state index is 12.9. The van der Waals surface area contributed by atoms with Crippen LogP contribution in [0.2, 0.25) is 0 Å². The highest BCUT2D eigenvalue weighted by Gasteiger charge is 2.27. The Bertz CT molecular complexity index is 1260. The number of rotatable bonds is 6. The lowest BCUT2D eigenvalue weighted by molar-refractivity contribution is 0.0943. The Morgan fingerprint density at radius 2 is 1.81 bits per heavy atom. The molecule has 4 N–H and O–H groups in total. The molecule has 0 saturated heterocycles. The molecule has 3 heterocycles. The molecule has 8 heteroatoms. The molecule has 0 radical (unpaired) electrons. The van der Waals surface area contributed by atoms with E-state index in [1.807, 2.05) is 26.0 Å². The van der Waals surface area contributed by atoms with Crippen molar-refractivity contribution < 1.29 is 4.79 Å². The number of anilines is 4. The van der Waals surface area contributed by atoms with Crippen LogP contribution in [-0.2, 0) is 17.4 Å². The van der Waals surface area contributed by atoms with Crippen LogP contribution in [0.25, 0.3) is 0 Å². The van der Waals surface area contributed by atoms with Gasteiger partial charge in [0.1, 0.15) is 11.4 Å². The van der Waals surface area contributed by atoms with Crippen LogP contribution in [0.1, 0.15) is 75.6 Å². The largest absolute Gasteiger partial charge is 0.350 e. The third-order valence-corrected chi connectivity index (χ3v) is 6.24. The lowest BCUT2D eigenvalue weighted by atomic mass is 9.85. The van der Waals surface area contributed by atoms with Crippen molar-refractivity contribution in [3.8, 4) is 0 Å². The second kappa shape index (κ2) is 9.85. The average Bonchev–Trinajstić information content (AvgIpc) is 2.79. The van der Waals surface area contributed by atoms with Crippen molar-refractivity contribution in [3.63, 3.8) is 0 Å². The van der Waals surface area contributed by atoms with Crippen molar-refractivity contribution in [2.75, 3.05) is 17.2 Å². The highest BCUT2D eigenvalue weighted by Crippen LogP contribution is 2.31. The van der Waals surface area contributed by atoms with E-state index in [1.165, 1.54) is 11.1 Å². The first-order chi connectivity index (χ1) is 16.9. The zero-order chi connectivity index (χ0) is 26.1. The standard InChI is InChI=1S/C28H37N7O/c1-17(2)32-25(36)21-16-30-26(34-19-9-8-18-10-13-31-28(6,7)22(18)14-19)35-24(21)33-20-11-12-29-23(15-20)27(3,4)5/h8-9,11-12,14-17,31H,10,13H2,1-7H3,(H,32,36)(H2,29,30,33,34,35). The van der Waals surface area contributed by atoms with Gasteiger partial charge in [0.15, 0.2) is 0 Å². The van der Waals surface area contributed by atoms with Crippen molar-refractivity contribution >= 4 is 29.0 Å². The molecule has 1 aliphatic heterocycles. The van der Waals surface area contributed by atoms with Crippen LogP contribution in [0.4, 0.5) is 23.1 Å². The number of aromatic nitrogens is 3. The molecular formula is C28H37N7O. The van der Waals surface area contributed by atoms with Gasteiger partial charge < -0.3 is 21.3 Å². The molecule has 1 aliphatic rings. The number of carbonyl (C=O) groups excluding carboxylic acids is 1. The molecule has 4 rings (SSSR count). The van der Waals surface area contributed by atoms with E-state index in [4.69, 9.17) is 4.98 Å². The molecule has 0 atom stereocenters. The lowest BCUT2D eigenvalue weighted by Gasteiger charge is -2.34. The van der Waals surface area contributed by atoms with Crippen LogP contribution in [0, 0.1) is 0 Å². The fourth-order valence-electron chi connectivity index (χ4n) is 4.29. The second-order valence-electron chi connectivity index (χ2n) is 11.2. The number of nitrogens with zero attached hydrogens (tertiary/aromatic N) is 3. The van der Waals surface area contributed by atoms with E-state index in [1.54, 1.807) is 12.4 Å². The van der Waals surface area contributed by atoms with Gasteiger partial charge in [-0.05, 0) is 76.1 Å². The van der Waals surface area contributed by atoms with Crippen LogP contribution < -0.4 is 21.3 Å². The molecule has 0 bridgehead atoms. The fraction of sp³-hybridized carbons (Fsp3) is 0.429. The Labute approximate surface area is 213 Å². The predicted molar refractivity (Wildman–Crippen MR) is 145 cm³/mol. The van der Waals surface area contributed by atoms with E-state index in [0.29, 0.717) is 17.3 Å². The number of carbonyl (C=O) groups is 1. The topological polar surface area (TPSA) is 104 Å². The molecule has 0 spiro atoms. The molecule has 0 unspecified atom stereocenters. The molecule has 0 fully saturated rings. The van der Waals surface area contributed by atoms with E-state index < -0.39 is 0 Å². The molecule has 3 aromatic rings. The quantitative estimate of drug-likeness (QED) is 0.380. The van der Waals surface area contributed by atoms with Crippen LogP contribution in [0.5, 0.6) is 0 Å². The number of pyridine rings is 1. The molecule has 0 aliphatic carbocycles. The van der Waals surface area contributed by atoms with Crippen molar-refractivity contribution in [2.24, 2.45) is 0 Å². The zero-order valence-electron chi connectivity index (χ0n) is 22.3. The molecule has 36 heavy (non-hydrogen) atoms. The van der Waals surface area contributed by atoms with Crippen molar-refractivity contribution in [1.82, 2.24) is 25.6 Å². The third kappa shape index (κ3) is 5.82. The summed E-state index contributed by atoms with van der Waals surface area (Å²) in [5.74, 6) is 0.604. The Kier molecular flexibility index (Phi) is 7.00. The summed E-state index contributed by atoms with van der Waals surface area (Å²) in [6.07, 6.45) is 4.33. The minimum absolute atomic E-state index is 0.0102. The summed E-state index contributed by atoms with van der Waals surface area (Å²) in [6, 6.07) is 10.2. The summed E-state index contributed by atoms with van der Waals surface area (Å²) in [5, 5.41) is 13.2. The smallest absolute Gasteiger partial charge is 0.256 e. The molecule has 0 saturated carbocycles. The van der Waals surface area contributed by atoms with Gasteiger partial charge in [-0.2, -0.15) is 4.98 Å². The number of hydrogen-bond donors (Lipinski definition) is 4. The van der Waals surface area contributed by atoms with E-state index >= 15 is 0 Å². The zero-order valence-corrected chi connectivity index (χ0v) is 22.3. The van der Waals surface area contributed by atoms with Crippen molar-refractivity contribution in [2.45, 2.75) is 71.9 Å². The monoisotopic (exact) mass is 487 g/mol. The average molecular weight is 488 g/mol. The summed E-state index contributed by atoms with van der Waals surface area (Å²) >= 11 is 0. The fourth-order valence-corrected chi connectivity index (χ4v) is 4.29. The highest BCUT2D eigenvalue weighted by molar-refractivity contribution is 5.99. The molecule has 1 aromatic carbocycles. The minimum atomic E-state index is -0.231. The maximum atomic E-state index is 12.9. The summed E-state index contributed by atoms with van der Waals surface area (Å²) in [7, 11) is 0. The van der Waals surface area contributed by atoms with Gasteiger partial charge in [0, 0.05) is 46.5 Å². The summed E-state index contributed by atoms with van der Waals surface area (Å²) in [4.78, 5) is 26.6. The molecule has 2 aromatic heterocycles. The van der Waals surface area contributed by atoms with E-state index in [9.17, 15) is 4.79 Å². The lowest BCUT2D eigenvalue weighted by Crippen LogP contribution is -2.42. The Hall–Kier alpha value is -3.52. The molecule has 8 nitrogen and oxygen atoms in total. The number of benzene rings is 1. The first kappa shape index (κ1) is 25.6. The van der Waals surface area contributed by atoms with Gasteiger partial charge in [-0.25, -0.2) is 4.98 Å². The van der Waals surface area contributed by atoms with Gasteiger partial charge in [-0.1, -0.05) is 26.8 Å². The predicted octanol–water partition coefficient (Wildman–Crippen LogP) is 5.18. The molecular weight excluding hydrogens is 450 g/mol. The van der Waals surface area contributed by atoms with Gasteiger partial charge in [0.2, 0.25) is 5.95 Å². The minimum Gasteiger partial charge on any atom is -0.350 e. The first-order valence-electron chi connectivity index (χ1n) is 12.5. The van der Waals surface area contributed by atoms with Gasteiger partial charge in [0.05, 0.1) is 0 Å². The Balaban J connectivity index is 1.67. The highest BCUT2D eigenvalue weighted by atomic mass is 16.1. The summed E-state index contributed by atoms with van der Waals surface area (Å²) in [5.41, 5.74) is 5.41. The van der Waals surface area contributed by atoms with Crippen LogP contribution in [-0.4, -0.2) is 33.4 Å². The molecule has 1 amide bonds. The third-order valence-electron chi connectivity index (χ3n) is 6.24. The van der Waals surface area contributed by atoms with Crippen LogP contribution >= 0.6 is 0 Å². The van der Waals surface area contributed by atoms with E-state index in [0.717, 1.165) is 30.0 Å². The molecule has 190 valence electrons. The van der Waals surface area contributed by atoms with Gasteiger partial charge in [-0.15, -0.1) is 0 Å². The maximum Gasteiger partial charge on any atom is 0.256 e. The number of fused-ring (bicyclic) bond motifs is 1. The van der Waals surface area contributed by atoms with E-state index in [2.05, 4.69) is 84.1 Å². The van der Waals surface area contributed by atoms with Gasteiger partial charge >= 0.3 is 0 Å². The van der Waals surface area contributed by atoms with Crippen molar-refractivity contribution in [1.29, 1.82) is 0 Å². The van der Waals surface area contributed by atoms with Crippen molar-refractivity contribution in [3.05, 3.63) is 65.1 Å². The first-order valence-corrected chi connectivity index (χ1v) is 12.5. The number of amides is 1. The normalized spacial score (nSPS) is 14.8. The van der Waals surface area contributed by atoms with Crippen LogP contribution in [0.3, 0.4) is 0 Å². The number of hydrogen-bond acceptors (Lipinski definition) is 7. The summed E-state index contributed by atoms with van der Waals surface area (Å²) in [6.45, 7) is 15.5. The SMILES string of the molecule is CC(C)NC(=O)c1cnc(Nc2ccc3c(c2)C(C)(C)NCC3)nc1Nc1ccnc(C(C)(C)C)c1. The van der Waals surface area contributed by atoms with Crippen LogP contribution in [0.15, 0.2) is 42.7 Å². The Morgan fingerprint density at radius 1 is 1.06 bits per heavy atom. The van der Waals surface area contributed by atoms with Gasteiger partial charge in [-0.3, -0.25) is 9.78 Å².